The zero-order valence-corrected chi connectivity index (χ0v) is 22.9. The summed E-state index contributed by atoms with van der Waals surface area (Å²) in [5.74, 6) is -0.511. The van der Waals surface area contributed by atoms with Crippen LogP contribution in [0, 0.1) is 12.3 Å². The summed E-state index contributed by atoms with van der Waals surface area (Å²) < 4.78 is 0. The zero-order valence-electron chi connectivity index (χ0n) is 22.9. The lowest BCUT2D eigenvalue weighted by Crippen LogP contribution is -2.45. The summed E-state index contributed by atoms with van der Waals surface area (Å²) in [6.45, 7) is 11.9. The Morgan fingerprint density at radius 3 is 2.57 bits per heavy atom. The van der Waals surface area contributed by atoms with Crippen LogP contribution in [0.15, 0.2) is 24.3 Å². The Balaban J connectivity index is 1.48. The number of nitrogens with zero attached hydrogens (tertiary/aromatic N) is 2. The monoisotopic (exact) mass is 507 g/mol. The number of amides is 2. The highest BCUT2D eigenvalue weighted by Crippen LogP contribution is 2.36. The van der Waals surface area contributed by atoms with Crippen molar-refractivity contribution in [2.24, 2.45) is 5.41 Å². The minimum atomic E-state index is -0.674. The second-order valence-corrected chi connectivity index (χ2v) is 11.4. The summed E-state index contributed by atoms with van der Waals surface area (Å²) in [7, 11) is 2.13. The molecule has 1 fully saturated rings. The summed E-state index contributed by atoms with van der Waals surface area (Å²) in [6, 6.07) is 7.22. The molecule has 37 heavy (non-hydrogen) atoms. The topological polar surface area (TPSA) is 97.5 Å². The number of nitrogens with one attached hydrogen (secondary N) is 3. The molecule has 200 valence electrons. The molecule has 2 aromatic rings. The van der Waals surface area contributed by atoms with Gasteiger partial charge in [0.25, 0.3) is 5.91 Å². The van der Waals surface area contributed by atoms with Gasteiger partial charge in [-0.1, -0.05) is 39.7 Å². The number of aromatic amines is 1. The number of likely N-dealkylation sites (N-methyl/N-ethyl adjacent to an activating group) is 1. The molecule has 2 heterocycles. The Labute approximate surface area is 220 Å². The van der Waals surface area contributed by atoms with Crippen LogP contribution in [-0.2, 0) is 11.2 Å². The van der Waals surface area contributed by atoms with Crippen molar-refractivity contribution in [2.75, 3.05) is 43.4 Å². The lowest BCUT2D eigenvalue weighted by molar-refractivity contribution is -0.118. The van der Waals surface area contributed by atoms with Crippen molar-refractivity contribution < 1.29 is 14.4 Å². The fourth-order valence-electron chi connectivity index (χ4n) is 5.44. The molecule has 2 amide bonds. The van der Waals surface area contributed by atoms with Crippen LogP contribution in [0.5, 0.6) is 0 Å². The first-order chi connectivity index (χ1) is 17.6. The highest BCUT2D eigenvalue weighted by molar-refractivity contribution is 6.06. The molecule has 0 radical (unpaired) electrons. The summed E-state index contributed by atoms with van der Waals surface area (Å²) in [6.07, 6.45) is 3.45. The highest BCUT2D eigenvalue weighted by Gasteiger charge is 2.35. The summed E-state index contributed by atoms with van der Waals surface area (Å²) in [5.41, 5.74) is 4.16. The van der Waals surface area contributed by atoms with E-state index in [0.29, 0.717) is 36.1 Å². The van der Waals surface area contributed by atoms with Gasteiger partial charge in [0.05, 0.1) is 0 Å². The quantitative estimate of drug-likeness (QED) is 0.499. The Morgan fingerprint density at radius 2 is 1.86 bits per heavy atom. The number of fused-ring (bicyclic) bond motifs is 1. The maximum absolute atomic E-state index is 13.3. The predicted molar refractivity (Wildman–Crippen MR) is 148 cm³/mol. The molecule has 1 aromatic carbocycles. The number of carbonyl (C=O) groups excluding carboxylic acids is 3. The van der Waals surface area contributed by atoms with E-state index < -0.39 is 6.04 Å². The third kappa shape index (κ3) is 6.24. The minimum absolute atomic E-state index is 0.0690. The van der Waals surface area contributed by atoms with E-state index in [-0.39, 0.29) is 23.0 Å². The van der Waals surface area contributed by atoms with Crippen molar-refractivity contribution in [2.45, 2.75) is 65.8 Å². The number of carbonyl (C=O) groups is 3. The van der Waals surface area contributed by atoms with Crippen molar-refractivity contribution >= 4 is 29.0 Å². The number of H-pyrrole nitrogens is 1. The first-order valence-corrected chi connectivity index (χ1v) is 13.5. The largest absolute Gasteiger partial charge is 0.369 e. The van der Waals surface area contributed by atoms with Gasteiger partial charge in [-0.05, 0) is 56.0 Å². The standard InChI is InChI=1S/C29H41N5O3/c1-6-7-11-22(27(36)30-20-9-8-10-21(16-20)34-14-12-33(5)13-15-34)32-28(37)26-19(2)25-23(31-26)17-29(3,4)18-24(25)35/h8-10,16,22,31H,6-7,11-15,17-18H2,1-5H3,(H,30,36)(H,32,37)/t22-/m0/s1. The van der Waals surface area contributed by atoms with E-state index in [0.717, 1.165) is 56.1 Å². The normalized spacial score (nSPS) is 18.3. The first kappa shape index (κ1) is 26.9. The molecule has 2 aliphatic rings. The molecular formula is C29H41N5O3. The molecule has 8 nitrogen and oxygen atoms in total. The lowest BCUT2D eigenvalue weighted by Gasteiger charge is -2.34. The number of unbranched alkanes of at least 4 members (excludes halogenated alkanes) is 1. The van der Waals surface area contributed by atoms with Crippen LogP contribution in [0.3, 0.4) is 0 Å². The van der Waals surface area contributed by atoms with Gasteiger partial charge in [0.1, 0.15) is 11.7 Å². The van der Waals surface area contributed by atoms with Gasteiger partial charge in [-0.3, -0.25) is 14.4 Å². The van der Waals surface area contributed by atoms with Crippen molar-refractivity contribution in [1.82, 2.24) is 15.2 Å². The molecule has 0 bridgehead atoms. The zero-order chi connectivity index (χ0) is 26.7. The Bertz CT molecular complexity index is 1160. The first-order valence-electron chi connectivity index (χ1n) is 13.5. The van der Waals surface area contributed by atoms with Gasteiger partial charge in [-0.2, -0.15) is 0 Å². The summed E-state index contributed by atoms with van der Waals surface area (Å²) >= 11 is 0. The van der Waals surface area contributed by atoms with Gasteiger partial charge >= 0.3 is 0 Å². The summed E-state index contributed by atoms with van der Waals surface area (Å²) in [4.78, 5) is 47.3. The molecule has 1 atom stereocenters. The SMILES string of the molecule is CCCC[C@H](NC(=O)c1[nH]c2c(c1C)C(=O)CC(C)(C)C2)C(=O)Nc1cccc(N2CCN(C)CC2)c1. The highest BCUT2D eigenvalue weighted by atomic mass is 16.2. The van der Waals surface area contributed by atoms with Gasteiger partial charge in [0, 0.05) is 55.2 Å². The van der Waals surface area contributed by atoms with Crippen molar-refractivity contribution in [1.29, 1.82) is 0 Å². The Hall–Kier alpha value is -3.13. The number of Topliss-reactive ketones (excluding diaryl/α,β-unsaturated/α-hetero) is 1. The number of aromatic nitrogens is 1. The number of anilines is 2. The molecular weight excluding hydrogens is 466 g/mol. The van der Waals surface area contributed by atoms with E-state index in [1.807, 2.05) is 25.1 Å². The van der Waals surface area contributed by atoms with Crippen molar-refractivity contribution in [3.05, 3.63) is 46.8 Å². The van der Waals surface area contributed by atoms with E-state index in [1.165, 1.54) is 0 Å². The van der Waals surface area contributed by atoms with Gasteiger partial charge < -0.3 is 25.4 Å². The van der Waals surface area contributed by atoms with Crippen LogP contribution >= 0.6 is 0 Å². The third-order valence-corrected chi connectivity index (χ3v) is 7.58. The van der Waals surface area contributed by atoms with Crippen LogP contribution in [0.4, 0.5) is 11.4 Å². The number of piperazine rings is 1. The molecule has 0 unspecified atom stereocenters. The fraction of sp³-hybridized carbons (Fsp3) is 0.552. The van der Waals surface area contributed by atoms with Crippen LogP contribution in [0.1, 0.15) is 78.6 Å². The van der Waals surface area contributed by atoms with E-state index in [1.54, 1.807) is 0 Å². The predicted octanol–water partition coefficient (Wildman–Crippen LogP) is 4.16. The Kier molecular flexibility index (Phi) is 8.07. The third-order valence-electron chi connectivity index (χ3n) is 7.58. The molecule has 8 heteroatoms. The molecule has 4 rings (SSSR count). The second kappa shape index (κ2) is 11.1. The van der Waals surface area contributed by atoms with E-state index in [2.05, 4.69) is 59.3 Å². The molecule has 1 aliphatic carbocycles. The molecule has 1 aliphatic heterocycles. The van der Waals surface area contributed by atoms with E-state index in [9.17, 15) is 14.4 Å². The van der Waals surface area contributed by atoms with Crippen LogP contribution in [0.2, 0.25) is 0 Å². The second-order valence-electron chi connectivity index (χ2n) is 11.4. The average molecular weight is 508 g/mol. The van der Waals surface area contributed by atoms with Crippen molar-refractivity contribution in [3.8, 4) is 0 Å². The number of ketones is 1. The van der Waals surface area contributed by atoms with Gasteiger partial charge in [0.15, 0.2) is 5.78 Å². The maximum Gasteiger partial charge on any atom is 0.268 e. The fourth-order valence-corrected chi connectivity index (χ4v) is 5.44. The summed E-state index contributed by atoms with van der Waals surface area (Å²) in [5, 5.41) is 5.97. The van der Waals surface area contributed by atoms with E-state index >= 15 is 0 Å². The average Bonchev–Trinajstić information content (AvgIpc) is 3.17. The number of hydrogen-bond acceptors (Lipinski definition) is 5. The minimum Gasteiger partial charge on any atom is -0.369 e. The lowest BCUT2D eigenvalue weighted by atomic mass is 9.75. The van der Waals surface area contributed by atoms with Crippen LogP contribution in [0.25, 0.3) is 0 Å². The molecule has 0 saturated carbocycles. The van der Waals surface area contributed by atoms with Gasteiger partial charge in [-0.15, -0.1) is 0 Å². The molecule has 3 N–H and O–H groups in total. The Morgan fingerprint density at radius 1 is 1.14 bits per heavy atom. The smallest absolute Gasteiger partial charge is 0.268 e. The van der Waals surface area contributed by atoms with E-state index in [4.69, 9.17) is 0 Å². The number of rotatable bonds is 8. The molecule has 0 spiro atoms. The van der Waals surface area contributed by atoms with Crippen LogP contribution < -0.4 is 15.5 Å². The van der Waals surface area contributed by atoms with Crippen LogP contribution in [-0.4, -0.2) is 66.8 Å². The number of benzene rings is 1. The van der Waals surface area contributed by atoms with Gasteiger partial charge in [0.2, 0.25) is 5.91 Å². The van der Waals surface area contributed by atoms with Gasteiger partial charge in [-0.25, -0.2) is 0 Å². The molecule has 1 aromatic heterocycles. The number of hydrogen-bond donors (Lipinski definition) is 3. The van der Waals surface area contributed by atoms with Crippen molar-refractivity contribution in [3.63, 3.8) is 0 Å². The maximum atomic E-state index is 13.3. The molecule has 1 saturated heterocycles.